The Bertz CT molecular complexity index is 280. The Kier molecular flexibility index (Phi) is 9.21. The number of aliphatic carboxylic acids is 1. The van der Waals surface area contributed by atoms with E-state index in [1.54, 1.807) is 25.9 Å². The molecule has 0 radical (unpaired) electrons. The molecule has 0 aliphatic heterocycles. The van der Waals surface area contributed by atoms with Crippen molar-refractivity contribution in [3.05, 3.63) is 0 Å². The molecule has 0 aromatic heterocycles. The summed E-state index contributed by atoms with van der Waals surface area (Å²) < 4.78 is 0. The Labute approximate surface area is 116 Å². The number of carbonyl (C=O) groups is 2. The van der Waals surface area contributed by atoms with Gasteiger partial charge in [-0.3, -0.25) is 9.59 Å². The fourth-order valence-corrected chi connectivity index (χ4v) is 1.77. The number of carboxylic acid groups (broad SMARTS) is 1. The second-order valence-electron chi connectivity index (χ2n) is 5.42. The average molecular weight is 272 g/mol. The van der Waals surface area contributed by atoms with E-state index < -0.39 is 5.97 Å². The monoisotopic (exact) mass is 272 g/mol. The van der Waals surface area contributed by atoms with E-state index in [9.17, 15) is 9.59 Å². The van der Waals surface area contributed by atoms with Gasteiger partial charge >= 0.3 is 5.97 Å². The van der Waals surface area contributed by atoms with Crippen molar-refractivity contribution in [3.8, 4) is 0 Å². The van der Waals surface area contributed by atoms with Crippen molar-refractivity contribution >= 4 is 11.9 Å². The lowest BCUT2D eigenvalue weighted by molar-refractivity contribution is -0.141. The van der Waals surface area contributed by atoms with Gasteiger partial charge in [0.15, 0.2) is 0 Å². The van der Waals surface area contributed by atoms with Crippen molar-refractivity contribution in [1.29, 1.82) is 0 Å². The number of hydrogen-bond acceptors (Lipinski definition) is 3. The van der Waals surface area contributed by atoms with Crippen LogP contribution in [0.15, 0.2) is 0 Å². The van der Waals surface area contributed by atoms with Crippen LogP contribution in [0, 0.1) is 5.92 Å². The summed E-state index contributed by atoms with van der Waals surface area (Å²) in [6, 6.07) is 0.371. The van der Waals surface area contributed by atoms with E-state index in [1.807, 2.05) is 0 Å². The van der Waals surface area contributed by atoms with Crippen LogP contribution in [-0.4, -0.2) is 48.6 Å². The number of carbonyl (C=O) groups excluding carboxylic acids is 1. The van der Waals surface area contributed by atoms with Crippen molar-refractivity contribution < 1.29 is 14.7 Å². The molecule has 0 rings (SSSR count). The maximum absolute atomic E-state index is 11.3. The molecule has 2 unspecified atom stereocenters. The first kappa shape index (κ1) is 17.9. The molecule has 0 aromatic rings. The second kappa shape index (κ2) is 9.78. The number of hydrogen-bond donors (Lipinski definition) is 2. The molecular weight excluding hydrogens is 244 g/mol. The van der Waals surface area contributed by atoms with Gasteiger partial charge in [0.25, 0.3) is 0 Å². The van der Waals surface area contributed by atoms with Gasteiger partial charge in [-0.15, -0.1) is 0 Å². The van der Waals surface area contributed by atoms with Gasteiger partial charge in [-0.25, -0.2) is 0 Å². The van der Waals surface area contributed by atoms with E-state index in [2.05, 4.69) is 12.2 Å². The Morgan fingerprint density at radius 1 is 1.16 bits per heavy atom. The molecule has 5 heteroatoms. The molecule has 0 aliphatic rings. The lowest BCUT2D eigenvalue weighted by Gasteiger charge is -2.15. The van der Waals surface area contributed by atoms with Crippen molar-refractivity contribution in [2.75, 3.05) is 20.6 Å². The van der Waals surface area contributed by atoms with Crippen LogP contribution in [0.4, 0.5) is 0 Å². The third-order valence-electron chi connectivity index (χ3n) is 3.25. The van der Waals surface area contributed by atoms with Crippen molar-refractivity contribution in [3.63, 3.8) is 0 Å². The highest BCUT2D eigenvalue weighted by Gasteiger charge is 2.11. The fraction of sp³-hybridized carbons (Fsp3) is 0.857. The van der Waals surface area contributed by atoms with Crippen LogP contribution in [0.3, 0.4) is 0 Å². The zero-order chi connectivity index (χ0) is 14.8. The van der Waals surface area contributed by atoms with Gasteiger partial charge < -0.3 is 15.3 Å². The molecule has 2 atom stereocenters. The Morgan fingerprint density at radius 3 is 2.32 bits per heavy atom. The number of nitrogens with one attached hydrogen (secondary N) is 1. The van der Waals surface area contributed by atoms with E-state index in [1.165, 1.54) is 0 Å². The Morgan fingerprint density at radius 2 is 1.79 bits per heavy atom. The van der Waals surface area contributed by atoms with Crippen LogP contribution in [0.1, 0.15) is 46.0 Å². The number of rotatable bonds is 10. The van der Waals surface area contributed by atoms with Gasteiger partial charge in [0.05, 0.1) is 5.92 Å². The molecule has 0 saturated heterocycles. The highest BCUT2D eigenvalue weighted by molar-refractivity contribution is 5.75. The zero-order valence-electron chi connectivity index (χ0n) is 12.6. The summed E-state index contributed by atoms with van der Waals surface area (Å²) in [5, 5.41) is 12.1. The molecule has 0 heterocycles. The van der Waals surface area contributed by atoms with Gasteiger partial charge in [0, 0.05) is 26.6 Å². The summed E-state index contributed by atoms with van der Waals surface area (Å²) in [5.74, 6) is -0.822. The average Bonchev–Trinajstić information content (AvgIpc) is 2.33. The topological polar surface area (TPSA) is 69.6 Å². The third-order valence-corrected chi connectivity index (χ3v) is 3.25. The van der Waals surface area contributed by atoms with Crippen molar-refractivity contribution in [2.24, 2.45) is 5.92 Å². The van der Waals surface area contributed by atoms with Crippen LogP contribution in [0.5, 0.6) is 0 Å². The predicted molar refractivity (Wildman–Crippen MR) is 76.0 cm³/mol. The minimum atomic E-state index is -0.720. The Balaban J connectivity index is 3.52. The van der Waals surface area contributed by atoms with Crippen LogP contribution >= 0.6 is 0 Å². The smallest absolute Gasteiger partial charge is 0.306 e. The molecular formula is C14H28N2O3. The minimum Gasteiger partial charge on any atom is -0.481 e. The summed E-state index contributed by atoms with van der Waals surface area (Å²) >= 11 is 0. The number of amides is 1. The van der Waals surface area contributed by atoms with E-state index in [0.29, 0.717) is 12.5 Å². The van der Waals surface area contributed by atoms with E-state index >= 15 is 0 Å². The van der Waals surface area contributed by atoms with Crippen molar-refractivity contribution in [1.82, 2.24) is 10.2 Å². The highest BCUT2D eigenvalue weighted by atomic mass is 16.4. The van der Waals surface area contributed by atoms with Gasteiger partial charge in [-0.1, -0.05) is 13.3 Å². The van der Waals surface area contributed by atoms with Gasteiger partial charge in [0.2, 0.25) is 5.91 Å². The molecule has 5 nitrogen and oxygen atoms in total. The summed E-state index contributed by atoms with van der Waals surface area (Å²) in [6.45, 7) is 4.67. The predicted octanol–water partition coefficient (Wildman–Crippen LogP) is 1.72. The van der Waals surface area contributed by atoms with Crippen LogP contribution in [0.25, 0.3) is 0 Å². The second-order valence-corrected chi connectivity index (χ2v) is 5.42. The van der Waals surface area contributed by atoms with E-state index in [4.69, 9.17) is 5.11 Å². The van der Waals surface area contributed by atoms with Crippen molar-refractivity contribution in [2.45, 2.75) is 52.0 Å². The molecule has 0 fully saturated rings. The Hall–Kier alpha value is -1.10. The van der Waals surface area contributed by atoms with Crippen LogP contribution < -0.4 is 5.32 Å². The first-order valence-corrected chi connectivity index (χ1v) is 7.01. The zero-order valence-corrected chi connectivity index (χ0v) is 12.6. The summed E-state index contributed by atoms with van der Waals surface area (Å²) in [4.78, 5) is 23.6. The molecule has 0 spiro atoms. The quantitative estimate of drug-likeness (QED) is 0.594. The van der Waals surface area contributed by atoms with Gasteiger partial charge in [-0.05, 0) is 32.7 Å². The lowest BCUT2D eigenvalue weighted by atomic mass is 10.0. The standard InChI is InChI=1S/C14H28N2O3/c1-11(14(18)19)7-5-8-12(2)15-10-6-9-13(17)16(3)4/h11-12,15H,5-10H2,1-4H3,(H,18,19). The largest absolute Gasteiger partial charge is 0.481 e. The molecule has 112 valence electrons. The van der Waals surface area contributed by atoms with E-state index in [-0.39, 0.29) is 11.8 Å². The maximum atomic E-state index is 11.3. The molecule has 0 saturated carbocycles. The number of nitrogens with zero attached hydrogens (tertiary/aromatic N) is 1. The van der Waals surface area contributed by atoms with E-state index in [0.717, 1.165) is 32.2 Å². The third kappa shape index (κ3) is 9.47. The molecule has 0 aromatic carbocycles. The normalized spacial score (nSPS) is 13.9. The molecule has 2 N–H and O–H groups in total. The summed E-state index contributed by atoms with van der Waals surface area (Å²) in [6.07, 6.45) is 4.02. The van der Waals surface area contributed by atoms with Crippen LogP contribution in [0.2, 0.25) is 0 Å². The molecule has 1 amide bonds. The summed E-state index contributed by atoms with van der Waals surface area (Å²) in [5.41, 5.74) is 0. The minimum absolute atomic E-state index is 0.157. The first-order valence-electron chi connectivity index (χ1n) is 7.01. The highest BCUT2D eigenvalue weighted by Crippen LogP contribution is 2.09. The lowest BCUT2D eigenvalue weighted by Crippen LogP contribution is -2.28. The first-order chi connectivity index (χ1) is 8.84. The van der Waals surface area contributed by atoms with Gasteiger partial charge in [0.1, 0.15) is 0 Å². The fourth-order valence-electron chi connectivity index (χ4n) is 1.77. The van der Waals surface area contributed by atoms with Gasteiger partial charge in [-0.2, -0.15) is 0 Å². The molecule has 0 bridgehead atoms. The maximum Gasteiger partial charge on any atom is 0.306 e. The summed E-state index contributed by atoms with van der Waals surface area (Å²) in [7, 11) is 3.53. The SMILES string of the molecule is CC(CCCC(C)C(=O)O)NCCCC(=O)N(C)C. The number of carboxylic acids is 1. The molecule has 0 aliphatic carbocycles. The molecule has 19 heavy (non-hydrogen) atoms. The van der Waals surface area contributed by atoms with Crippen LogP contribution in [-0.2, 0) is 9.59 Å².